The van der Waals surface area contributed by atoms with Crippen molar-refractivity contribution in [1.29, 1.82) is 0 Å². The summed E-state index contributed by atoms with van der Waals surface area (Å²) in [6.07, 6.45) is 5.13. The number of guanidine groups is 1. The van der Waals surface area contributed by atoms with E-state index in [9.17, 15) is 0 Å². The minimum atomic E-state index is 0.709. The highest BCUT2D eigenvalue weighted by molar-refractivity contribution is 5.80. The average Bonchev–Trinajstić information content (AvgIpc) is 3.49. The van der Waals surface area contributed by atoms with Gasteiger partial charge in [0.05, 0.1) is 12.0 Å². The Labute approximate surface area is 177 Å². The molecule has 1 aliphatic heterocycles. The number of hydrogen-bond donors (Lipinski definition) is 1. The highest BCUT2D eigenvalue weighted by Crippen LogP contribution is 2.08. The molecule has 4 rings (SSSR count). The molecule has 0 amide bonds. The summed E-state index contributed by atoms with van der Waals surface area (Å²) in [6, 6.07) is 16.4. The summed E-state index contributed by atoms with van der Waals surface area (Å²) in [6.45, 7) is 6.24. The second-order valence-electron chi connectivity index (χ2n) is 7.45. The molecular weight excluding hydrogens is 378 g/mol. The van der Waals surface area contributed by atoms with E-state index < -0.39 is 0 Å². The minimum Gasteiger partial charge on any atom is -0.469 e. The van der Waals surface area contributed by atoms with Gasteiger partial charge in [-0.25, -0.2) is 0 Å². The quantitative estimate of drug-likeness (QED) is 0.457. The Balaban J connectivity index is 1.31. The lowest BCUT2D eigenvalue weighted by atomic mass is 10.1. The molecule has 1 saturated heterocycles. The van der Waals surface area contributed by atoms with Gasteiger partial charge < -0.3 is 19.2 Å². The van der Waals surface area contributed by atoms with E-state index in [0.717, 1.165) is 69.5 Å². The van der Waals surface area contributed by atoms with Crippen LogP contribution in [0.2, 0.25) is 0 Å². The molecule has 0 aliphatic carbocycles. The Morgan fingerprint density at radius 1 is 0.967 bits per heavy atom. The van der Waals surface area contributed by atoms with Gasteiger partial charge in [0.2, 0.25) is 0 Å². The van der Waals surface area contributed by atoms with Crippen molar-refractivity contribution in [2.75, 3.05) is 39.3 Å². The van der Waals surface area contributed by atoms with Gasteiger partial charge in [-0.3, -0.25) is 9.89 Å². The van der Waals surface area contributed by atoms with E-state index >= 15 is 0 Å². The van der Waals surface area contributed by atoms with E-state index in [0.29, 0.717) is 6.54 Å². The standard InChI is InChI=1S/C23H29N5O2/c1-2-5-20(6-3-1)8-11-24-23(25-12-9-22-7-4-17-29-22)28-15-13-27(14-16-28)19-21-10-18-30-26-21/h1-7,10,17-18H,8-9,11-16,19H2,(H,24,25). The fourth-order valence-electron chi connectivity index (χ4n) is 3.62. The third kappa shape index (κ3) is 5.97. The molecule has 1 fully saturated rings. The van der Waals surface area contributed by atoms with Gasteiger partial charge in [0, 0.05) is 58.3 Å². The van der Waals surface area contributed by atoms with E-state index in [-0.39, 0.29) is 0 Å². The first-order valence-electron chi connectivity index (χ1n) is 10.6. The first-order valence-corrected chi connectivity index (χ1v) is 10.6. The summed E-state index contributed by atoms with van der Waals surface area (Å²) in [5.74, 6) is 1.96. The number of rotatable bonds is 8. The summed E-state index contributed by atoms with van der Waals surface area (Å²) >= 11 is 0. The van der Waals surface area contributed by atoms with Crippen LogP contribution < -0.4 is 5.32 Å². The van der Waals surface area contributed by atoms with E-state index in [2.05, 4.69) is 50.6 Å². The van der Waals surface area contributed by atoms with Crippen LogP contribution in [-0.4, -0.2) is 60.2 Å². The average molecular weight is 408 g/mol. The predicted octanol–water partition coefficient (Wildman–Crippen LogP) is 2.82. The van der Waals surface area contributed by atoms with Crippen molar-refractivity contribution in [2.45, 2.75) is 19.4 Å². The topological polar surface area (TPSA) is 70.0 Å². The van der Waals surface area contributed by atoms with Crippen molar-refractivity contribution in [2.24, 2.45) is 4.99 Å². The Morgan fingerprint density at radius 2 is 1.83 bits per heavy atom. The second kappa shape index (κ2) is 10.6. The van der Waals surface area contributed by atoms with Crippen LogP contribution in [0.4, 0.5) is 0 Å². The molecule has 1 N–H and O–H groups in total. The van der Waals surface area contributed by atoms with Gasteiger partial charge in [0.1, 0.15) is 12.0 Å². The largest absolute Gasteiger partial charge is 0.469 e. The van der Waals surface area contributed by atoms with Gasteiger partial charge in [-0.15, -0.1) is 0 Å². The number of nitrogens with zero attached hydrogens (tertiary/aromatic N) is 4. The Bertz CT molecular complexity index is 870. The number of benzene rings is 1. The van der Waals surface area contributed by atoms with Gasteiger partial charge >= 0.3 is 0 Å². The molecule has 0 unspecified atom stereocenters. The maximum atomic E-state index is 5.44. The smallest absolute Gasteiger partial charge is 0.194 e. The van der Waals surface area contributed by atoms with Crippen LogP contribution in [0.5, 0.6) is 0 Å². The normalized spacial score (nSPS) is 15.5. The van der Waals surface area contributed by atoms with Crippen LogP contribution in [0.1, 0.15) is 17.0 Å². The van der Waals surface area contributed by atoms with Crippen LogP contribution >= 0.6 is 0 Å². The van der Waals surface area contributed by atoms with Gasteiger partial charge in [-0.1, -0.05) is 35.5 Å². The van der Waals surface area contributed by atoms with Crippen LogP contribution in [0.15, 0.2) is 75.0 Å². The van der Waals surface area contributed by atoms with Crippen molar-refractivity contribution in [3.63, 3.8) is 0 Å². The number of furan rings is 1. The molecule has 0 atom stereocenters. The highest BCUT2D eigenvalue weighted by Gasteiger charge is 2.20. The molecule has 3 heterocycles. The molecule has 2 aromatic heterocycles. The summed E-state index contributed by atoms with van der Waals surface area (Å²) < 4.78 is 10.4. The van der Waals surface area contributed by atoms with Crippen LogP contribution in [0, 0.1) is 0 Å². The fraction of sp³-hybridized carbons (Fsp3) is 0.391. The maximum absolute atomic E-state index is 5.44. The third-order valence-electron chi connectivity index (χ3n) is 5.29. The number of aliphatic imine (C=N–C) groups is 1. The summed E-state index contributed by atoms with van der Waals surface area (Å²) in [5.41, 5.74) is 2.31. The molecule has 3 aromatic rings. The number of hydrogen-bond acceptors (Lipinski definition) is 5. The van der Waals surface area contributed by atoms with E-state index in [1.165, 1.54) is 5.56 Å². The zero-order valence-corrected chi connectivity index (χ0v) is 17.2. The summed E-state index contributed by atoms with van der Waals surface area (Å²) in [4.78, 5) is 9.63. The molecule has 0 bridgehead atoms. The Kier molecular flexibility index (Phi) is 7.17. The molecule has 1 aromatic carbocycles. The maximum Gasteiger partial charge on any atom is 0.194 e. The monoisotopic (exact) mass is 407 g/mol. The lowest BCUT2D eigenvalue weighted by Gasteiger charge is -2.36. The molecule has 30 heavy (non-hydrogen) atoms. The number of piperazine rings is 1. The molecule has 7 nitrogen and oxygen atoms in total. The van der Waals surface area contributed by atoms with E-state index in [1.807, 2.05) is 18.2 Å². The lowest BCUT2D eigenvalue weighted by molar-refractivity contribution is 0.169. The van der Waals surface area contributed by atoms with Gasteiger partial charge in [0.25, 0.3) is 0 Å². The predicted molar refractivity (Wildman–Crippen MR) is 116 cm³/mol. The minimum absolute atomic E-state index is 0.709. The Hall–Kier alpha value is -3.06. The van der Waals surface area contributed by atoms with Crippen molar-refractivity contribution in [1.82, 2.24) is 20.3 Å². The highest BCUT2D eigenvalue weighted by atomic mass is 16.5. The second-order valence-corrected chi connectivity index (χ2v) is 7.45. The molecular formula is C23H29N5O2. The zero-order chi connectivity index (χ0) is 20.4. The van der Waals surface area contributed by atoms with Gasteiger partial charge in [-0.2, -0.15) is 0 Å². The van der Waals surface area contributed by atoms with Gasteiger partial charge in [0.15, 0.2) is 5.96 Å². The van der Waals surface area contributed by atoms with Crippen LogP contribution in [0.25, 0.3) is 0 Å². The van der Waals surface area contributed by atoms with Crippen molar-refractivity contribution in [3.05, 3.63) is 78.1 Å². The van der Waals surface area contributed by atoms with Crippen LogP contribution in [0.3, 0.4) is 0 Å². The van der Waals surface area contributed by atoms with Crippen molar-refractivity contribution in [3.8, 4) is 0 Å². The first-order chi connectivity index (χ1) is 14.9. The molecule has 0 saturated carbocycles. The summed E-state index contributed by atoms with van der Waals surface area (Å²) in [7, 11) is 0. The zero-order valence-electron chi connectivity index (χ0n) is 17.2. The lowest BCUT2D eigenvalue weighted by Crippen LogP contribution is -2.52. The van der Waals surface area contributed by atoms with E-state index in [4.69, 9.17) is 13.9 Å². The molecule has 0 radical (unpaired) electrons. The van der Waals surface area contributed by atoms with Crippen molar-refractivity contribution < 1.29 is 8.94 Å². The molecule has 1 aliphatic rings. The molecule has 158 valence electrons. The van der Waals surface area contributed by atoms with E-state index in [1.54, 1.807) is 12.5 Å². The third-order valence-corrected chi connectivity index (χ3v) is 5.29. The SMILES string of the molecule is c1ccc(CCNC(=NCCc2ccco2)N2CCN(Cc3ccon3)CC2)cc1. The van der Waals surface area contributed by atoms with Crippen molar-refractivity contribution >= 4 is 5.96 Å². The fourth-order valence-corrected chi connectivity index (χ4v) is 3.62. The van der Waals surface area contributed by atoms with Crippen LogP contribution in [-0.2, 0) is 19.4 Å². The Morgan fingerprint density at radius 3 is 2.57 bits per heavy atom. The van der Waals surface area contributed by atoms with Gasteiger partial charge in [-0.05, 0) is 24.1 Å². The summed E-state index contributed by atoms with van der Waals surface area (Å²) in [5, 5.41) is 7.60. The molecule has 7 heteroatoms. The molecule has 0 spiro atoms. The number of nitrogens with one attached hydrogen (secondary N) is 1. The first kappa shape index (κ1) is 20.2. The number of aromatic nitrogens is 1.